The highest BCUT2D eigenvalue weighted by atomic mass is 16.5. The number of ether oxygens (including phenoxy) is 1. The Hall–Kier alpha value is -1.84. The highest BCUT2D eigenvalue weighted by Gasteiger charge is 2.11. The van der Waals surface area contributed by atoms with Crippen molar-refractivity contribution in [3.63, 3.8) is 0 Å². The maximum absolute atomic E-state index is 11.5. The molecule has 0 radical (unpaired) electrons. The van der Waals surface area contributed by atoms with Gasteiger partial charge in [0.15, 0.2) is 0 Å². The average molecular weight is 190 g/mol. The zero-order chi connectivity index (χ0) is 9.97. The van der Waals surface area contributed by atoms with Gasteiger partial charge in [0.25, 0.3) is 0 Å². The molecule has 0 aliphatic carbocycles. The summed E-state index contributed by atoms with van der Waals surface area (Å²) in [6.45, 7) is 2.15. The largest absolute Gasteiger partial charge is 0.462 e. The van der Waals surface area contributed by atoms with E-state index in [2.05, 4.69) is 9.97 Å². The Morgan fingerprint density at radius 1 is 1.57 bits per heavy atom. The Kier molecular flexibility index (Phi) is 2.18. The SMILES string of the molecule is CCOC(=O)c1cncc2cc[nH]c12. The van der Waals surface area contributed by atoms with Crippen molar-refractivity contribution in [2.45, 2.75) is 6.92 Å². The van der Waals surface area contributed by atoms with Gasteiger partial charge in [0.2, 0.25) is 0 Å². The number of aromatic nitrogens is 2. The van der Waals surface area contributed by atoms with Crippen molar-refractivity contribution in [2.24, 2.45) is 0 Å². The number of pyridine rings is 1. The minimum Gasteiger partial charge on any atom is -0.462 e. The van der Waals surface area contributed by atoms with Crippen LogP contribution in [0.3, 0.4) is 0 Å². The number of hydrogen-bond acceptors (Lipinski definition) is 3. The van der Waals surface area contributed by atoms with E-state index in [1.807, 2.05) is 6.07 Å². The van der Waals surface area contributed by atoms with Gasteiger partial charge >= 0.3 is 5.97 Å². The number of nitrogens with one attached hydrogen (secondary N) is 1. The molecule has 0 aromatic carbocycles. The summed E-state index contributed by atoms with van der Waals surface area (Å²) in [6.07, 6.45) is 4.99. The number of carbonyl (C=O) groups excluding carboxylic acids is 1. The van der Waals surface area contributed by atoms with Crippen molar-refractivity contribution in [2.75, 3.05) is 6.61 Å². The van der Waals surface area contributed by atoms with Gasteiger partial charge in [0, 0.05) is 24.0 Å². The van der Waals surface area contributed by atoms with E-state index in [1.165, 1.54) is 6.20 Å². The van der Waals surface area contributed by atoms with Crippen LogP contribution in [-0.2, 0) is 4.74 Å². The van der Waals surface area contributed by atoms with Crippen molar-refractivity contribution < 1.29 is 9.53 Å². The molecule has 14 heavy (non-hydrogen) atoms. The first-order chi connectivity index (χ1) is 6.83. The second-order valence-electron chi connectivity index (χ2n) is 2.85. The van der Waals surface area contributed by atoms with E-state index in [9.17, 15) is 4.79 Å². The van der Waals surface area contributed by atoms with Crippen LogP contribution >= 0.6 is 0 Å². The van der Waals surface area contributed by atoms with E-state index in [0.29, 0.717) is 12.2 Å². The summed E-state index contributed by atoms with van der Waals surface area (Å²) in [4.78, 5) is 18.4. The molecule has 0 aliphatic rings. The summed E-state index contributed by atoms with van der Waals surface area (Å²) in [5.41, 5.74) is 1.26. The second-order valence-corrected chi connectivity index (χ2v) is 2.85. The lowest BCUT2D eigenvalue weighted by molar-refractivity contribution is 0.0528. The molecule has 4 nitrogen and oxygen atoms in total. The van der Waals surface area contributed by atoms with E-state index in [-0.39, 0.29) is 5.97 Å². The molecule has 72 valence electrons. The third-order valence-electron chi connectivity index (χ3n) is 1.96. The fourth-order valence-electron chi connectivity index (χ4n) is 1.34. The molecule has 0 unspecified atom stereocenters. The molecular formula is C10H10N2O2. The molecule has 4 heteroatoms. The fraction of sp³-hybridized carbons (Fsp3) is 0.200. The zero-order valence-electron chi connectivity index (χ0n) is 7.78. The summed E-state index contributed by atoms with van der Waals surface area (Å²) in [7, 11) is 0. The first-order valence-electron chi connectivity index (χ1n) is 4.41. The van der Waals surface area contributed by atoms with Crippen LogP contribution in [0.2, 0.25) is 0 Å². The molecule has 0 spiro atoms. The van der Waals surface area contributed by atoms with Crippen LogP contribution in [0, 0.1) is 0 Å². The highest BCUT2D eigenvalue weighted by Crippen LogP contribution is 2.15. The summed E-state index contributed by atoms with van der Waals surface area (Å²) >= 11 is 0. The van der Waals surface area contributed by atoms with Crippen LogP contribution < -0.4 is 0 Å². The van der Waals surface area contributed by atoms with Crippen molar-refractivity contribution in [1.82, 2.24) is 9.97 Å². The predicted octanol–water partition coefficient (Wildman–Crippen LogP) is 1.74. The third-order valence-corrected chi connectivity index (χ3v) is 1.96. The van der Waals surface area contributed by atoms with Gasteiger partial charge in [0.1, 0.15) is 5.56 Å². The number of carbonyl (C=O) groups is 1. The molecule has 2 aromatic heterocycles. The maximum atomic E-state index is 11.5. The smallest absolute Gasteiger partial charge is 0.341 e. The Bertz CT molecular complexity index is 462. The van der Waals surface area contributed by atoms with Gasteiger partial charge < -0.3 is 9.72 Å². The van der Waals surface area contributed by atoms with Crippen LogP contribution in [0.1, 0.15) is 17.3 Å². The van der Waals surface area contributed by atoms with E-state index in [4.69, 9.17) is 4.74 Å². The quantitative estimate of drug-likeness (QED) is 0.734. The van der Waals surface area contributed by atoms with E-state index in [0.717, 1.165) is 10.9 Å². The number of aromatic amines is 1. The van der Waals surface area contributed by atoms with Gasteiger partial charge in [-0.15, -0.1) is 0 Å². The number of H-pyrrole nitrogens is 1. The van der Waals surface area contributed by atoms with Crippen LogP contribution in [0.4, 0.5) is 0 Å². The Labute approximate surface area is 80.9 Å². The molecule has 2 heterocycles. The predicted molar refractivity (Wildman–Crippen MR) is 52.1 cm³/mol. The van der Waals surface area contributed by atoms with Gasteiger partial charge in [-0.3, -0.25) is 4.98 Å². The fourth-order valence-corrected chi connectivity index (χ4v) is 1.34. The molecule has 0 amide bonds. The minimum atomic E-state index is -0.340. The number of hydrogen-bond donors (Lipinski definition) is 1. The van der Waals surface area contributed by atoms with Gasteiger partial charge in [-0.05, 0) is 13.0 Å². The molecule has 2 rings (SSSR count). The summed E-state index contributed by atoms with van der Waals surface area (Å²) in [6, 6.07) is 1.87. The molecule has 0 saturated carbocycles. The number of esters is 1. The first kappa shape index (κ1) is 8.74. The molecule has 0 saturated heterocycles. The topological polar surface area (TPSA) is 55.0 Å². The van der Waals surface area contributed by atoms with Crippen molar-refractivity contribution in [1.29, 1.82) is 0 Å². The summed E-state index contributed by atoms with van der Waals surface area (Å²) < 4.78 is 4.91. The van der Waals surface area contributed by atoms with E-state index < -0.39 is 0 Å². The van der Waals surface area contributed by atoms with Crippen molar-refractivity contribution in [3.05, 3.63) is 30.2 Å². The minimum absolute atomic E-state index is 0.340. The molecular weight excluding hydrogens is 180 g/mol. The van der Waals surface area contributed by atoms with Crippen LogP contribution in [-0.4, -0.2) is 22.5 Å². The molecule has 0 atom stereocenters. The van der Waals surface area contributed by atoms with Crippen molar-refractivity contribution in [3.8, 4) is 0 Å². The Morgan fingerprint density at radius 3 is 3.21 bits per heavy atom. The second kappa shape index (κ2) is 3.49. The van der Waals surface area contributed by atoms with E-state index in [1.54, 1.807) is 19.3 Å². The molecule has 0 bridgehead atoms. The lowest BCUT2D eigenvalue weighted by atomic mass is 10.2. The lowest BCUT2D eigenvalue weighted by Gasteiger charge is -2.01. The van der Waals surface area contributed by atoms with E-state index >= 15 is 0 Å². The van der Waals surface area contributed by atoms with Gasteiger partial charge in [0.05, 0.1) is 12.1 Å². The number of fused-ring (bicyclic) bond motifs is 1. The van der Waals surface area contributed by atoms with Crippen LogP contribution in [0.15, 0.2) is 24.7 Å². The average Bonchev–Trinajstić information content (AvgIpc) is 2.65. The molecule has 0 aliphatic heterocycles. The lowest BCUT2D eigenvalue weighted by Crippen LogP contribution is -2.05. The molecule has 1 N–H and O–H groups in total. The molecule has 2 aromatic rings. The van der Waals surface area contributed by atoms with Crippen LogP contribution in [0.25, 0.3) is 10.9 Å². The number of rotatable bonds is 2. The maximum Gasteiger partial charge on any atom is 0.341 e. The standard InChI is InChI=1S/C10H10N2O2/c1-2-14-10(13)8-6-11-5-7-3-4-12-9(7)8/h3-6,12H,2H2,1H3. The van der Waals surface area contributed by atoms with Gasteiger partial charge in [-0.25, -0.2) is 4.79 Å². The van der Waals surface area contributed by atoms with Gasteiger partial charge in [-0.2, -0.15) is 0 Å². The Balaban J connectivity index is 2.50. The van der Waals surface area contributed by atoms with Crippen LogP contribution in [0.5, 0.6) is 0 Å². The summed E-state index contributed by atoms with van der Waals surface area (Å²) in [5.74, 6) is -0.340. The number of nitrogens with zero attached hydrogens (tertiary/aromatic N) is 1. The normalized spacial score (nSPS) is 10.4. The third kappa shape index (κ3) is 1.35. The highest BCUT2D eigenvalue weighted by molar-refractivity contribution is 6.02. The van der Waals surface area contributed by atoms with Crippen molar-refractivity contribution >= 4 is 16.9 Å². The monoisotopic (exact) mass is 190 g/mol. The first-order valence-corrected chi connectivity index (χ1v) is 4.41. The van der Waals surface area contributed by atoms with Gasteiger partial charge in [-0.1, -0.05) is 0 Å². The summed E-state index contributed by atoms with van der Waals surface area (Å²) in [5, 5.41) is 0.913. The molecule has 0 fully saturated rings. The Morgan fingerprint density at radius 2 is 2.43 bits per heavy atom. The zero-order valence-corrected chi connectivity index (χ0v) is 7.78.